The molecule has 4 nitrogen and oxygen atoms in total. The van der Waals surface area contributed by atoms with E-state index in [1.165, 1.54) is 0 Å². The number of amides is 1. The molecule has 1 aliphatic rings. The highest BCUT2D eigenvalue weighted by atomic mass is 16.6. The third-order valence-corrected chi connectivity index (χ3v) is 3.25. The van der Waals surface area contributed by atoms with Crippen molar-refractivity contribution in [3.63, 3.8) is 0 Å². The van der Waals surface area contributed by atoms with Gasteiger partial charge in [-0.05, 0) is 26.3 Å². The van der Waals surface area contributed by atoms with Crippen molar-refractivity contribution in [2.75, 3.05) is 6.54 Å². The summed E-state index contributed by atoms with van der Waals surface area (Å²) >= 11 is 0. The number of Topliss-reactive ketones (excluding diaryl/α,β-unsaturated/α-hetero) is 1. The van der Waals surface area contributed by atoms with Gasteiger partial charge < -0.3 is 4.74 Å². The van der Waals surface area contributed by atoms with E-state index in [-0.39, 0.29) is 5.78 Å². The number of carbonyl (C=O) groups is 2. The molecule has 1 amide bonds. The maximum absolute atomic E-state index is 12.2. The molecule has 1 heterocycles. The summed E-state index contributed by atoms with van der Waals surface area (Å²) in [4.78, 5) is 25.7. The quantitative estimate of drug-likeness (QED) is 0.833. The van der Waals surface area contributed by atoms with Crippen LogP contribution in [-0.4, -0.2) is 35.0 Å². The summed E-state index contributed by atoms with van der Waals surface area (Å²) in [6.07, 6.45) is 0.569. The van der Waals surface area contributed by atoms with Gasteiger partial charge in [0.2, 0.25) is 0 Å². The van der Waals surface area contributed by atoms with Gasteiger partial charge in [0.25, 0.3) is 0 Å². The van der Waals surface area contributed by atoms with Crippen LogP contribution in [0.2, 0.25) is 0 Å². The Hall–Kier alpha value is -1.84. The van der Waals surface area contributed by atoms with E-state index >= 15 is 0 Å². The van der Waals surface area contributed by atoms with Crippen molar-refractivity contribution in [1.82, 2.24) is 4.90 Å². The molecule has 0 N–H and O–H groups in total. The second-order valence-electron chi connectivity index (χ2n) is 6.10. The van der Waals surface area contributed by atoms with Crippen molar-refractivity contribution in [3.05, 3.63) is 35.9 Å². The molecule has 1 aromatic rings. The number of rotatable bonds is 2. The van der Waals surface area contributed by atoms with E-state index in [1.807, 2.05) is 51.1 Å². The molecule has 0 aromatic heterocycles. The number of benzene rings is 1. The van der Waals surface area contributed by atoms with Crippen molar-refractivity contribution in [2.45, 2.75) is 45.3 Å². The zero-order chi connectivity index (χ0) is 14.8. The molecule has 4 heteroatoms. The van der Waals surface area contributed by atoms with Gasteiger partial charge in [-0.25, -0.2) is 4.79 Å². The van der Waals surface area contributed by atoms with Crippen LogP contribution in [0.1, 0.15) is 32.8 Å². The summed E-state index contributed by atoms with van der Waals surface area (Å²) in [5.74, 6) is 0.111. The second kappa shape index (κ2) is 5.65. The minimum atomic E-state index is -0.542. The minimum absolute atomic E-state index is 0.111. The van der Waals surface area contributed by atoms with Gasteiger partial charge in [0.05, 0.1) is 6.04 Å². The van der Waals surface area contributed by atoms with E-state index in [0.29, 0.717) is 19.4 Å². The first kappa shape index (κ1) is 14.6. The normalized spacial score (nSPS) is 19.2. The highest BCUT2D eigenvalue weighted by Crippen LogP contribution is 2.21. The van der Waals surface area contributed by atoms with Crippen molar-refractivity contribution < 1.29 is 14.3 Å². The van der Waals surface area contributed by atoms with E-state index in [9.17, 15) is 9.59 Å². The fourth-order valence-corrected chi connectivity index (χ4v) is 2.33. The summed E-state index contributed by atoms with van der Waals surface area (Å²) in [5.41, 5.74) is 0.515. The van der Waals surface area contributed by atoms with Crippen LogP contribution >= 0.6 is 0 Å². The first-order valence-electron chi connectivity index (χ1n) is 6.93. The lowest BCUT2D eigenvalue weighted by atomic mass is 10.0. The number of likely N-dealkylation sites (tertiary alicyclic amines) is 1. The van der Waals surface area contributed by atoms with Crippen LogP contribution in [0.5, 0.6) is 0 Å². The van der Waals surface area contributed by atoms with Gasteiger partial charge in [0, 0.05) is 19.4 Å². The molecule has 0 aliphatic carbocycles. The van der Waals surface area contributed by atoms with Gasteiger partial charge in [0.1, 0.15) is 5.60 Å². The molecule has 1 unspecified atom stereocenters. The second-order valence-corrected chi connectivity index (χ2v) is 6.10. The van der Waals surface area contributed by atoms with Crippen LogP contribution in [0.3, 0.4) is 0 Å². The molecule has 108 valence electrons. The number of carbonyl (C=O) groups excluding carboxylic acids is 2. The molecular weight excluding hydrogens is 254 g/mol. The Labute approximate surface area is 119 Å². The zero-order valence-corrected chi connectivity index (χ0v) is 12.3. The van der Waals surface area contributed by atoms with Gasteiger partial charge in [0.15, 0.2) is 5.78 Å². The Morgan fingerprint density at radius 3 is 2.55 bits per heavy atom. The molecule has 1 atom stereocenters. The molecule has 0 spiro atoms. The fraction of sp³-hybridized carbons (Fsp3) is 0.500. The van der Waals surface area contributed by atoms with Gasteiger partial charge in [-0.2, -0.15) is 0 Å². The standard InChI is InChI=1S/C16H21NO3/c1-16(2,3)20-15(19)17-10-9-14(18)13(17)11-12-7-5-4-6-8-12/h4-8,13H,9-11H2,1-3H3. The minimum Gasteiger partial charge on any atom is -0.444 e. The van der Waals surface area contributed by atoms with Gasteiger partial charge in [-0.3, -0.25) is 9.69 Å². The molecular formula is C16H21NO3. The Kier molecular flexibility index (Phi) is 4.12. The number of ether oxygens (including phenoxy) is 1. The van der Waals surface area contributed by atoms with E-state index in [2.05, 4.69) is 0 Å². The van der Waals surface area contributed by atoms with E-state index in [4.69, 9.17) is 4.74 Å². The molecule has 1 saturated heterocycles. The molecule has 0 bridgehead atoms. The smallest absolute Gasteiger partial charge is 0.410 e. The van der Waals surface area contributed by atoms with Gasteiger partial charge in [-0.1, -0.05) is 30.3 Å². The highest BCUT2D eigenvalue weighted by molar-refractivity contribution is 5.91. The molecule has 1 aromatic carbocycles. The van der Waals surface area contributed by atoms with Crippen LogP contribution in [0, 0.1) is 0 Å². The fourth-order valence-electron chi connectivity index (χ4n) is 2.33. The van der Waals surface area contributed by atoms with Gasteiger partial charge in [-0.15, -0.1) is 0 Å². The predicted octanol–water partition coefficient (Wildman–Crippen LogP) is 2.81. The average molecular weight is 275 g/mol. The third-order valence-electron chi connectivity index (χ3n) is 3.25. The van der Waals surface area contributed by atoms with Crippen LogP contribution in [-0.2, 0) is 16.0 Å². The summed E-state index contributed by atoms with van der Waals surface area (Å²) in [6.45, 7) is 5.93. The molecule has 20 heavy (non-hydrogen) atoms. The Morgan fingerprint density at radius 2 is 1.95 bits per heavy atom. The lowest BCUT2D eigenvalue weighted by Crippen LogP contribution is -2.42. The maximum Gasteiger partial charge on any atom is 0.410 e. The highest BCUT2D eigenvalue weighted by Gasteiger charge is 2.37. The summed E-state index contributed by atoms with van der Waals surface area (Å²) < 4.78 is 5.37. The first-order valence-corrected chi connectivity index (χ1v) is 6.93. The summed E-state index contributed by atoms with van der Waals surface area (Å²) in [5, 5.41) is 0. The maximum atomic E-state index is 12.2. The Morgan fingerprint density at radius 1 is 1.30 bits per heavy atom. The average Bonchev–Trinajstić information content (AvgIpc) is 2.70. The van der Waals surface area contributed by atoms with Crippen LogP contribution in [0.4, 0.5) is 4.79 Å². The SMILES string of the molecule is CC(C)(C)OC(=O)N1CCC(=O)C1Cc1ccccc1. The Bertz CT molecular complexity index is 490. The monoisotopic (exact) mass is 275 g/mol. The summed E-state index contributed by atoms with van der Waals surface area (Å²) in [6, 6.07) is 9.36. The van der Waals surface area contributed by atoms with Crippen LogP contribution < -0.4 is 0 Å². The van der Waals surface area contributed by atoms with Crippen molar-refractivity contribution in [2.24, 2.45) is 0 Å². The van der Waals surface area contributed by atoms with Crippen molar-refractivity contribution in [1.29, 1.82) is 0 Å². The third kappa shape index (κ3) is 3.59. The number of hydrogen-bond donors (Lipinski definition) is 0. The summed E-state index contributed by atoms with van der Waals surface area (Å²) in [7, 11) is 0. The molecule has 1 aliphatic heterocycles. The largest absolute Gasteiger partial charge is 0.444 e. The zero-order valence-electron chi connectivity index (χ0n) is 12.3. The van der Waals surface area contributed by atoms with E-state index < -0.39 is 17.7 Å². The predicted molar refractivity (Wildman–Crippen MR) is 76.5 cm³/mol. The topological polar surface area (TPSA) is 46.6 Å². The lowest BCUT2D eigenvalue weighted by molar-refractivity contribution is -0.119. The number of ketones is 1. The lowest BCUT2D eigenvalue weighted by Gasteiger charge is -2.27. The first-order chi connectivity index (χ1) is 9.37. The van der Waals surface area contributed by atoms with Crippen LogP contribution in [0.25, 0.3) is 0 Å². The van der Waals surface area contributed by atoms with Crippen molar-refractivity contribution >= 4 is 11.9 Å². The Balaban J connectivity index is 2.09. The van der Waals surface area contributed by atoms with E-state index in [1.54, 1.807) is 4.90 Å². The van der Waals surface area contributed by atoms with E-state index in [0.717, 1.165) is 5.56 Å². The molecule has 1 fully saturated rings. The number of nitrogens with zero attached hydrogens (tertiary/aromatic N) is 1. The van der Waals surface area contributed by atoms with Crippen LogP contribution in [0.15, 0.2) is 30.3 Å². The number of hydrogen-bond acceptors (Lipinski definition) is 3. The molecule has 2 rings (SSSR count). The van der Waals surface area contributed by atoms with Gasteiger partial charge >= 0.3 is 6.09 Å². The molecule has 0 radical (unpaired) electrons. The molecule has 0 saturated carbocycles. The van der Waals surface area contributed by atoms with Crippen molar-refractivity contribution in [3.8, 4) is 0 Å².